The molecule has 0 aromatic heterocycles. The average molecular weight is 559 g/mol. The molecule has 6 rings (SSSR count). The van der Waals surface area contributed by atoms with Gasteiger partial charge in [-0.15, -0.1) is 0 Å². The van der Waals surface area contributed by atoms with Gasteiger partial charge in [-0.2, -0.15) is 0 Å². The number of β-amino-alcohol motifs (C(OH)–C–C–N with tert-alkyl or cyclic N) is 1. The number of carbonyl (C=O) groups is 3. The molecule has 212 valence electrons. The van der Waals surface area contributed by atoms with Gasteiger partial charge in [-0.1, -0.05) is 36.4 Å². The molecule has 2 saturated heterocycles. The van der Waals surface area contributed by atoms with Gasteiger partial charge in [0.2, 0.25) is 0 Å². The zero-order valence-electron chi connectivity index (χ0n) is 22.2. The van der Waals surface area contributed by atoms with E-state index in [4.69, 9.17) is 9.47 Å². The summed E-state index contributed by atoms with van der Waals surface area (Å²) in [6, 6.07) is 19.1. The third-order valence-corrected chi connectivity index (χ3v) is 7.65. The molecule has 0 aliphatic carbocycles. The monoisotopic (exact) mass is 558 g/mol. The minimum Gasteiger partial charge on any atom is -0.392 e. The number of amides is 1. The molecule has 0 spiro atoms. The van der Waals surface area contributed by atoms with E-state index in [1.54, 1.807) is 18.2 Å². The Bertz CT molecular complexity index is 1470. The van der Waals surface area contributed by atoms with Crippen LogP contribution in [-0.2, 0) is 20.8 Å². The van der Waals surface area contributed by atoms with E-state index in [0.717, 1.165) is 24.1 Å². The summed E-state index contributed by atoms with van der Waals surface area (Å²) in [7, 11) is 0. The number of hydrogen-bond acceptors (Lipinski definition) is 9. The minimum absolute atomic E-state index is 0.0381. The van der Waals surface area contributed by atoms with Gasteiger partial charge >= 0.3 is 11.9 Å². The van der Waals surface area contributed by atoms with Gasteiger partial charge in [-0.3, -0.25) is 9.69 Å². The molecule has 3 heterocycles. The number of hydrogen-bond donors (Lipinski definition) is 3. The molecule has 0 saturated carbocycles. The number of fused-ring (bicyclic) bond motifs is 1. The highest BCUT2D eigenvalue weighted by molar-refractivity contribution is 6.16. The number of aliphatic hydroxyl groups is 2. The summed E-state index contributed by atoms with van der Waals surface area (Å²) < 4.78 is 17.4. The lowest BCUT2D eigenvalue weighted by atomic mass is 9.99. The summed E-state index contributed by atoms with van der Waals surface area (Å²) in [6.45, 7) is 2.03. The smallest absolute Gasteiger partial charge is 0.346 e. The van der Waals surface area contributed by atoms with Gasteiger partial charge < -0.3 is 29.7 Å². The molecule has 3 aliphatic rings. The first-order valence-corrected chi connectivity index (χ1v) is 13.6. The van der Waals surface area contributed by atoms with Crippen LogP contribution in [0.5, 0.6) is 0 Å². The molecule has 41 heavy (non-hydrogen) atoms. The van der Waals surface area contributed by atoms with Crippen LogP contribution in [0.2, 0.25) is 0 Å². The number of cyclic esters (lactones) is 2. The Kier molecular flexibility index (Phi) is 7.65. The van der Waals surface area contributed by atoms with Gasteiger partial charge in [0.05, 0.1) is 36.0 Å². The zero-order valence-corrected chi connectivity index (χ0v) is 22.2. The zero-order chi connectivity index (χ0) is 28.5. The van der Waals surface area contributed by atoms with Crippen LogP contribution in [0.25, 0.3) is 0 Å². The van der Waals surface area contributed by atoms with Crippen molar-refractivity contribution < 1.29 is 38.8 Å². The molecule has 3 aliphatic heterocycles. The van der Waals surface area contributed by atoms with E-state index in [0.29, 0.717) is 30.8 Å². The standard InChI is InChI=1S/C31H30N2O8/c34-17-18-4-6-19(7-5-18)27-14-24(16-33-11-10-23(35)15-33)39-31(40-27)21-2-1-3-22(12-21)32-28(36)20-8-9-25-26(13-20)30(38)41-29(25)37/h1-9,12-13,23-24,27,31,34-35H,10-11,14-17H2,(H,32,36)/t23-,24+,27-,31?/m1/s1. The number of ether oxygens (including phenoxy) is 3. The highest BCUT2D eigenvalue weighted by atomic mass is 16.7. The van der Waals surface area contributed by atoms with E-state index in [9.17, 15) is 24.6 Å². The molecule has 10 nitrogen and oxygen atoms in total. The van der Waals surface area contributed by atoms with Crippen LogP contribution in [0.3, 0.4) is 0 Å². The first-order chi connectivity index (χ1) is 19.9. The van der Waals surface area contributed by atoms with Crippen molar-refractivity contribution in [2.45, 2.75) is 44.1 Å². The normalized spacial score (nSPS) is 24.2. The molecule has 3 aromatic rings. The summed E-state index contributed by atoms with van der Waals surface area (Å²) in [5, 5.41) is 22.3. The van der Waals surface area contributed by atoms with E-state index in [2.05, 4.69) is 15.0 Å². The molecule has 2 fully saturated rings. The summed E-state index contributed by atoms with van der Waals surface area (Å²) in [4.78, 5) is 38.8. The van der Waals surface area contributed by atoms with Crippen molar-refractivity contribution in [3.05, 3.63) is 100 Å². The van der Waals surface area contributed by atoms with Crippen molar-refractivity contribution >= 4 is 23.5 Å². The van der Waals surface area contributed by atoms with Crippen molar-refractivity contribution in [1.29, 1.82) is 0 Å². The maximum Gasteiger partial charge on any atom is 0.346 e. The molecule has 0 bridgehead atoms. The predicted molar refractivity (Wildman–Crippen MR) is 146 cm³/mol. The first-order valence-electron chi connectivity index (χ1n) is 13.6. The number of benzene rings is 3. The van der Waals surface area contributed by atoms with E-state index in [-0.39, 0.29) is 41.6 Å². The maximum absolute atomic E-state index is 13.0. The van der Waals surface area contributed by atoms with Crippen molar-refractivity contribution in [3.8, 4) is 0 Å². The Hall–Kier alpha value is -3.93. The third-order valence-electron chi connectivity index (χ3n) is 7.65. The number of nitrogens with one attached hydrogen (secondary N) is 1. The van der Waals surface area contributed by atoms with Crippen molar-refractivity contribution in [2.24, 2.45) is 0 Å². The average Bonchev–Trinajstić information content (AvgIpc) is 3.53. The van der Waals surface area contributed by atoms with Crippen molar-refractivity contribution in [2.75, 3.05) is 25.0 Å². The molecule has 1 unspecified atom stereocenters. The van der Waals surface area contributed by atoms with Gasteiger partial charge in [0, 0.05) is 42.9 Å². The van der Waals surface area contributed by atoms with E-state index in [1.165, 1.54) is 18.2 Å². The van der Waals surface area contributed by atoms with Crippen LogP contribution in [-0.4, -0.2) is 64.8 Å². The van der Waals surface area contributed by atoms with Gasteiger partial charge in [0.15, 0.2) is 6.29 Å². The second-order valence-corrected chi connectivity index (χ2v) is 10.6. The van der Waals surface area contributed by atoms with Gasteiger partial charge in [-0.05, 0) is 47.9 Å². The fraction of sp³-hybridized carbons (Fsp3) is 0.323. The molecular weight excluding hydrogens is 528 g/mol. The van der Waals surface area contributed by atoms with Crippen LogP contribution in [0, 0.1) is 0 Å². The first kappa shape index (κ1) is 27.3. The molecular formula is C31H30N2O8. The number of esters is 2. The van der Waals surface area contributed by atoms with E-state index in [1.807, 2.05) is 30.3 Å². The number of carbonyl (C=O) groups excluding carboxylic acids is 3. The number of rotatable bonds is 7. The van der Waals surface area contributed by atoms with Crippen LogP contribution in [0.4, 0.5) is 5.69 Å². The summed E-state index contributed by atoms with van der Waals surface area (Å²) in [6.07, 6.45) is -0.0884. The lowest BCUT2D eigenvalue weighted by Crippen LogP contribution is -2.38. The van der Waals surface area contributed by atoms with Crippen LogP contribution in [0.1, 0.15) is 73.0 Å². The highest BCUT2D eigenvalue weighted by Gasteiger charge is 2.35. The summed E-state index contributed by atoms with van der Waals surface area (Å²) in [5.41, 5.74) is 3.43. The van der Waals surface area contributed by atoms with Crippen LogP contribution >= 0.6 is 0 Å². The molecule has 4 atom stereocenters. The lowest BCUT2D eigenvalue weighted by Gasteiger charge is -2.38. The second kappa shape index (κ2) is 11.5. The van der Waals surface area contributed by atoms with Crippen molar-refractivity contribution in [3.63, 3.8) is 0 Å². The number of anilines is 1. The van der Waals surface area contributed by atoms with Crippen LogP contribution < -0.4 is 5.32 Å². The Labute approximate surface area is 236 Å². The lowest BCUT2D eigenvalue weighted by molar-refractivity contribution is -0.252. The van der Waals surface area contributed by atoms with Crippen molar-refractivity contribution in [1.82, 2.24) is 4.90 Å². The Morgan fingerprint density at radius 2 is 1.76 bits per heavy atom. The molecule has 0 radical (unpaired) electrons. The maximum atomic E-state index is 13.0. The van der Waals surface area contributed by atoms with E-state index >= 15 is 0 Å². The quantitative estimate of drug-likeness (QED) is 0.295. The molecule has 3 N–H and O–H groups in total. The SMILES string of the molecule is O=C(Nc1cccc(C2O[C@H](CN3CC[C@@H](O)C3)C[C@H](c3ccc(CO)cc3)O2)c1)c1ccc2c(c1)C(=O)OC2=O. The molecule has 1 amide bonds. The summed E-state index contributed by atoms with van der Waals surface area (Å²) >= 11 is 0. The van der Waals surface area contributed by atoms with Crippen LogP contribution in [0.15, 0.2) is 66.7 Å². The fourth-order valence-corrected chi connectivity index (χ4v) is 5.49. The topological polar surface area (TPSA) is 135 Å². The van der Waals surface area contributed by atoms with Gasteiger partial charge in [0.25, 0.3) is 5.91 Å². The minimum atomic E-state index is -0.771. The highest BCUT2D eigenvalue weighted by Crippen LogP contribution is 2.39. The molecule has 3 aromatic carbocycles. The predicted octanol–water partition coefficient (Wildman–Crippen LogP) is 3.35. The van der Waals surface area contributed by atoms with Gasteiger partial charge in [-0.25, -0.2) is 9.59 Å². The Morgan fingerprint density at radius 3 is 2.51 bits per heavy atom. The number of likely N-dealkylation sites (tertiary alicyclic amines) is 1. The number of nitrogens with zero attached hydrogens (tertiary/aromatic N) is 1. The van der Waals surface area contributed by atoms with Gasteiger partial charge in [0.1, 0.15) is 0 Å². The van der Waals surface area contributed by atoms with E-state index < -0.39 is 24.1 Å². The molecule has 10 heteroatoms. The Morgan fingerprint density at radius 1 is 0.951 bits per heavy atom. The number of aliphatic hydroxyl groups excluding tert-OH is 2. The largest absolute Gasteiger partial charge is 0.392 e. The fourth-order valence-electron chi connectivity index (χ4n) is 5.49. The second-order valence-electron chi connectivity index (χ2n) is 10.6. The third kappa shape index (κ3) is 5.92. The summed E-state index contributed by atoms with van der Waals surface area (Å²) in [5.74, 6) is -1.94. The Balaban J connectivity index is 1.21.